The molecule has 6 nitrogen and oxygen atoms in total. The molecule has 0 aliphatic carbocycles. The summed E-state index contributed by atoms with van der Waals surface area (Å²) in [4.78, 5) is 25.5. The molecular formula is C16H13NO5. The van der Waals surface area contributed by atoms with Gasteiger partial charge in [0.05, 0.1) is 11.3 Å². The first-order valence-electron chi connectivity index (χ1n) is 6.37. The van der Waals surface area contributed by atoms with Crippen LogP contribution in [0.5, 0.6) is 5.75 Å². The largest absolute Gasteiger partial charge is 0.481 e. The first kappa shape index (κ1) is 15.2. The fraction of sp³-hybridized carbons (Fsp3) is 0.0625. The molecule has 0 unspecified atom stereocenters. The number of carboxylic acid groups (broad SMARTS) is 2. The van der Waals surface area contributed by atoms with Crippen LogP contribution in [0.25, 0.3) is 0 Å². The molecule has 2 rings (SSSR count). The summed E-state index contributed by atoms with van der Waals surface area (Å²) in [6, 6.07) is 13.0. The van der Waals surface area contributed by atoms with Gasteiger partial charge in [-0.05, 0) is 36.4 Å². The Morgan fingerprint density at radius 2 is 1.73 bits per heavy atom. The number of ether oxygens (including phenoxy) is 1. The van der Waals surface area contributed by atoms with E-state index in [1.54, 1.807) is 36.4 Å². The number of nitrogens with zero attached hydrogens (tertiary/aromatic N) is 1. The minimum atomic E-state index is -1.06. The molecule has 0 aromatic heterocycles. The van der Waals surface area contributed by atoms with E-state index in [1.165, 1.54) is 18.3 Å². The highest BCUT2D eigenvalue weighted by Crippen LogP contribution is 2.18. The molecule has 0 saturated heterocycles. The first-order valence-corrected chi connectivity index (χ1v) is 6.37. The monoisotopic (exact) mass is 299 g/mol. The average molecular weight is 299 g/mol. The molecule has 2 aromatic carbocycles. The number of aromatic carboxylic acids is 1. The highest BCUT2D eigenvalue weighted by molar-refractivity contribution is 5.89. The fourth-order valence-electron chi connectivity index (χ4n) is 1.69. The van der Waals surface area contributed by atoms with E-state index >= 15 is 0 Å². The molecule has 0 radical (unpaired) electrons. The molecule has 0 saturated carbocycles. The maximum atomic E-state index is 10.8. The minimum Gasteiger partial charge on any atom is -0.481 e. The van der Waals surface area contributed by atoms with Crippen LogP contribution in [0.4, 0.5) is 5.69 Å². The first-order chi connectivity index (χ1) is 10.6. The van der Waals surface area contributed by atoms with Crippen molar-refractivity contribution in [3.8, 4) is 5.75 Å². The Bertz CT molecular complexity index is 707. The Balaban J connectivity index is 2.15. The van der Waals surface area contributed by atoms with Gasteiger partial charge in [0.1, 0.15) is 5.75 Å². The van der Waals surface area contributed by atoms with Crippen molar-refractivity contribution in [1.29, 1.82) is 0 Å². The van der Waals surface area contributed by atoms with E-state index in [1.807, 2.05) is 0 Å². The summed E-state index contributed by atoms with van der Waals surface area (Å²) in [6.45, 7) is -0.432. The number of rotatable bonds is 6. The van der Waals surface area contributed by atoms with E-state index in [9.17, 15) is 9.59 Å². The molecule has 0 aliphatic rings. The highest BCUT2D eigenvalue weighted by Gasteiger charge is 2.04. The SMILES string of the molecule is O=C(O)COc1ccccc1C=Nc1ccc(C(=O)O)cc1. The molecule has 2 N–H and O–H groups in total. The quantitative estimate of drug-likeness (QED) is 0.799. The average Bonchev–Trinajstić information content (AvgIpc) is 2.52. The molecule has 0 atom stereocenters. The summed E-state index contributed by atoms with van der Waals surface area (Å²) in [7, 11) is 0. The van der Waals surface area contributed by atoms with Crippen LogP contribution in [0.15, 0.2) is 53.5 Å². The van der Waals surface area contributed by atoms with Crippen LogP contribution >= 0.6 is 0 Å². The van der Waals surface area contributed by atoms with Crippen LogP contribution in [0.1, 0.15) is 15.9 Å². The van der Waals surface area contributed by atoms with Gasteiger partial charge in [-0.15, -0.1) is 0 Å². The lowest BCUT2D eigenvalue weighted by molar-refractivity contribution is -0.139. The van der Waals surface area contributed by atoms with E-state index in [4.69, 9.17) is 14.9 Å². The number of para-hydroxylation sites is 1. The number of hydrogen-bond donors (Lipinski definition) is 2. The number of benzene rings is 2. The van der Waals surface area contributed by atoms with Gasteiger partial charge in [0.25, 0.3) is 0 Å². The zero-order chi connectivity index (χ0) is 15.9. The summed E-state index contributed by atoms with van der Waals surface area (Å²) in [5.41, 5.74) is 1.40. The van der Waals surface area contributed by atoms with Gasteiger partial charge < -0.3 is 14.9 Å². The summed E-state index contributed by atoms with van der Waals surface area (Å²) in [5, 5.41) is 17.5. The van der Waals surface area contributed by atoms with Gasteiger partial charge in [-0.25, -0.2) is 9.59 Å². The van der Waals surface area contributed by atoms with Gasteiger partial charge in [0, 0.05) is 11.8 Å². The smallest absolute Gasteiger partial charge is 0.341 e. The van der Waals surface area contributed by atoms with Crippen molar-refractivity contribution in [3.63, 3.8) is 0 Å². The van der Waals surface area contributed by atoms with Crippen LogP contribution in [0, 0.1) is 0 Å². The Kier molecular flexibility index (Phi) is 4.87. The van der Waals surface area contributed by atoms with Gasteiger partial charge in [0.2, 0.25) is 0 Å². The van der Waals surface area contributed by atoms with Gasteiger partial charge in [-0.3, -0.25) is 4.99 Å². The van der Waals surface area contributed by atoms with Gasteiger partial charge in [-0.2, -0.15) is 0 Å². The van der Waals surface area contributed by atoms with Crippen molar-refractivity contribution >= 4 is 23.8 Å². The van der Waals surface area contributed by atoms with Crippen molar-refractivity contribution in [2.45, 2.75) is 0 Å². The van der Waals surface area contributed by atoms with Crippen LogP contribution in [0.2, 0.25) is 0 Å². The van der Waals surface area contributed by atoms with Crippen LogP contribution in [-0.4, -0.2) is 35.0 Å². The van der Waals surface area contributed by atoms with Crippen molar-refractivity contribution < 1.29 is 24.5 Å². The molecule has 2 aromatic rings. The van der Waals surface area contributed by atoms with E-state index in [2.05, 4.69) is 4.99 Å². The molecule has 6 heteroatoms. The number of carboxylic acids is 2. The van der Waals surface area contributed by atoms with Gasteiger partial charge in [-0.1, -0.05) is 12.1 Å². The second kappa shape index (κ2) is 7.03. The van der Waals surface area contributed by atoms with Crippen LogP contribution < -0.4 is 4.74 Å². The van der Waals surface area contributed by atoms with E-state index in [0.717, 1.165) is 0 Å². The Hall–Kier alpha value is -3.15. The van der Waals surface area contributed by atoms with Crippen molar-refractivity contribution in [1.82, 2.24) is 0 Å². The second-order valence-electron chi connectivity index (χ2n) is 4.33. The van der Waals surface area contributed by atoms with Crippen molar-refractivity contribution in [2.75, 3.05) is 6.61 Å². The van der Waals surface area contributed by atoms with Crippen LogP contribution in [-0.2, 0) is 4.79 Å². The predicted molar refractivity (Wildman–Crippen MR) is 80.2 cm³/mol. The third-order valence-corrected chi connectivity index (χ3v) is 2.74. The minimum absolute atomic E-state index is 0.184. The molecule has 0 heterocycles. The molecule has 0 spiro atoms. The molecule has 0 amide bonds. The predicted octanol–water partition coefficient (Wildman–Crippen LogP) is 2.60. The van der Waals surface area contributed by atoms with E-state index < -0.39 is 18.5 Å². The molecule has 112 valence electrons. The Morgan fingerprint density at radius 1 is 1.05 bits per heavy atom. The Morgan fingerprint density at radius 3 is 2.36 bits per heavy atom. The normalized spacial score (nSPS) is 10.5. The molecule has 0 aliphatic heterocycles. The summed E-state index contributed by atoms with van der Waals surface area (Å²) < 4.78 is 5.17. The molecule has 22 heavy (non-hydrogen) atoms. The Labute approximate surface area is 126 Å². The third-order valence-electron chi connectivity index (χ3n) is 2.74. The second-order valence-corrected chi connectivity index (χ2v) is 4.33. The maximum absolute atomic E-state index is 10.8. The number of aliphatic imine (C=N–C) groups is 1. The lowest BCUT2D eigenvalue weighted by atomic mass is 10.2. The van der Waals surface area contributed by atoms with Crippen LogP contribution in [0.3, 0.4) is 0 Å². The number of carbonyl (C=O) groups is 2. The standard InChI is InChI=1S/C16H13NO5/c18-15(19)10-22-14-4-2-1-3-12(14)9-17-13-7-5-11(6-8-13)16(20)21/h1-9H,10H2,(H,18,19)(H,20,21). The fourth-order valence-corrected chi connectivity index (χ4v) is 1.69. The summed E-state index contributed by atoms with van der Waals surface area (Å²) >= 11 is 0. The number of hydrogen-bond acceptors (Lipinski definition) is 4. The van der Waals surface area contributed by atoms with Crippen molar-refractivity contribution in [3.05, 3.63) is 59.7 Å². The zero-order valence-electron chi connectivity index (χ0n) is 11.5. The highest BCUT2D eigenvalue weighted by atomic mass is 16.5. The maximum Gasteiger partial charge on any atom is 0.341 e. The van der Waals surface area contributed by atoms with Gasteiger partial charge in [0.15, 0.2) is 6.61 Å². The molecule has 0 bridgehead atoms. The molecular weight excluding hydrogens is 286 g/mol. The summed E-state index contributed by atoms with van der Waals surface area (Å²) in [6.07, 6.45) is 1.53. The third kappa shape index (κ3) is 4.17. The van der Waals surface area contributed by atoms with Crippen molar-refractivity contribution in [2.24, 2.45) is 4.99 Å². The topological polar surface area (TPSA) is 96.2 Å². The lowest BCUT2D eigenvalue weighted by Gasteiger charge is -2.06. The van der Waals surface area contributed by atoms with E-state index in [-0.39, 0.29) is 5.56 Å². The molecule has 0 fully saturated rings. The lowest BCUT2D eigenvalue weighted by Crippen LogP contribution is -2.10. The zero-order valence-corrected chi connectivity index (χ0v) is 11.5. The van der Waals surface area contributed by atoms with Gasteiger partial charge >= 0.3 is 11.9 Å². The summed E-state index contributed by atoms with van der Waals surface area (Å²) in [5.74, 6) is -1.64. The number of aliphatic carboxylic acids is 1. The van der Waals surface area contributed by atoms with E-state index in [0.29, 0.717) is 17.0 Å².